The SMILES string of the molecule is Clc1ccc(Cl)c(-c2nc3ccccn3c2-c2nncn2-c2ccc3scnc3c2)c1. The van der Waals surface area contributed by atoms with E-state index >= 15 is 0 Å². The minimum Gasteiger partial charge on any atom is -0.296 e. The summed E-state index contributed by atoms with van der Waals surface area (Å²) in [7, 11) is 0. The predicted octanol–water partition coefficient (Wildman–Crippen LogP) is 6.17. The van der Waals surface area contributed by atoms with Gasteiger partial charge in [-0.3, -0.25) is 8.97 Å². The lowest BCUT2D eigenvalue weighted by Gasteiger charge is -2.09. The largest absolute Gasteiger partial charge is 0.296 e. The van der Waals surface area contributed by atoms with Gasteiger partial charge in [-0.2, -0.15) is 0 Å². The van der Waals surface area contributed by atoms with Crippen LogP contribution in [0.3, 0.4) is 0 Å². The minimum atomic E-state index is 0.559. The summed E-state index contributed by atoms with van der Waals surface area (Å²) in [6.07, 6.45) is 3.64. The van der Waals surface area contributed by atoms with E-state index in [-0.39, 0.29) is 0 Å². The minimum absolute atomic E-state index is 0.559. The molecule has 4 heterocycles. The summed E-state index contributed by atoms with van der Waals surface area (Å²) >= 11 is 14.4. The summed E-state index contributed by atoms with van der Waals surface area (Å²) in [6, 6.07) is 17.3. The van der Waals surface area contributed by atoms with Crippen LogP contribution in [0.1, 0.15) is 0 Å². The first kappa shape index (κ1) is 18.5. The van der Waals surface area contributed by atoms with Gasteiger partial charge in [0.1, 0.15) is 23.4 Å². The van der Waals surface area contributed by atoms with Gasteiger partial charge in [-0.25, -0.2) is 9.97 Å². The van der Waals surface area contributed by atoms with Crippen molar-refractivity contribution in [2.75, 3.05) is 0 Å². The van der Waals surface area contributed by atoms with E-state index in [0.717, 1.165) is 32.8 Å². The van der Waals surface area contributed by atoms with Crippen molar-refractivity contribution in [2.24, 2.45) is 0 Å². The molecule has 6 aromatic rings. The second-order valence-electron chi connectivity index (χ2n) is 6.89. The molecule has 0 fully saturated rings. The lowest BCUT2D eigenvalue weighted by atomic mass is 10.1. The number of nitrogens with zero attached hydrogens (tertiary/aromatic N) is 6. The van der Waals surface area contributed by atoms with Crippen molar-refractivity contribution in [3.8, 4) is 28.5 Å². The van der Waals surface area contributed by atoms with E-state index in [1.54, 1.807) is 29.8 Å². The van der Waals surface area contributed by atoms with Gasteiger partial charge in [0.15, 0.2) is 5.82 Å². The van der Waals surface area contributed by atoms with Crippen LogP contribution in [0.2, 0.25) is 10.0 Å². The molecule has 0 saturated heterocycles. The van der Waals surface area contributed by atoms with Crippen LogP contribution in [-0.4, -0.2) is 29.1 Å². The zero-order valence-electron chi connectivity index (χ0n) is 15.8. The number of pyridine rings is 1. The summed E-state index contributed by atoms with van der Waals surface area (Å²) in [5.74, 6) is 0.638. The maximum atomic E-state index is 6.54. The average molecular weight is 463 g/mol. The molecule has 0 aliphatic heterocycles. The number of fused-ring (bicyclic) bond motifs is 2. The van der Waals surface area contributed by atoms with Gasteiger partial charge in [0.05, 0.1) is 26.4 Å². The Morgan fingerprint density at radius 3 is 2.84 bits per heavy atom. The standard InChI is InChI=1S/C22H12Cl2N6S/c23-13-4-6-16(24)15(9-13)20-21(29-8-2-1-3-19(29)27-20)22-28-26-11-30(22)14-5-7-18-17(10-14)25-12-31-18/h1-12H. The summed E-state index contributed by atoms with van der Waals surface area (Å²) in [5.41, 5.74) is 6.64. The van der Waals surface area contributed by atoms with Crippen molar-refractivity contribution in [1.29, 1.82) is 0 Å². The molecule has 4 aromatic heterocycles. The predicted molar refractivity (Wildman–Crippen MR) is 124 cm³/mol. The van der Waals surface area contributed by atoms with Gasteiger partial charge in [-0.15, -0.1) is 21.5 Å². The first-order valence-corrected chi connectivity index (χ1v) is 11.0. The molecule has 6 nitrogen and oxygen atoms in total. The third-order valence-corrected chi connectivity index (χ3v) is 6.44. The highest BCUT2D eigenvalue weighted by molar-refractivity contribution is 7.16. The lowest BCUT2D eigenvalue weighted by molar-refractivity contribution is 1.04. The van der Waals surface area contributed by atoms with E-state index in [1.807, 2.05) is 57.1 Å². The number of thiazole rings is 1. The van der Waals surface area contributed by atoms with Crippen molar-refractivity contribution in [1.82, 2.24) is 29.1 Å². The van der Waals surface area contributed by atoms with Gasteiger partial charge in [-0.05, 0) is 48.5 Å². The molecule has 0 saturated carbocycles. The van der Waals surface area contributed by atoms with E-state index in [4.69, 9.17) is 28.2 Å². The third kappa shape index (κ3) is 3.01. The molecule has 0 N–H and O–H groups in total. The lowest BCUT2D eigenvalue weighted by Crippen LogP contribution is -2.00. The van der Waals surface area contributed by atoms with Gasteiger partial charge >= 0.3 is 0 Å². The highest BCUT2D eigenvalue weighted by Gasteiger charge is 2.23. The monoisotopic (exact) mass is 462 g/mol. The van der Waals surface area contributed by atoms with Crippen LogP contribution in [0.5, 0.6) is 0 Å². The molecule has 150 valence electrons. The zero-order chi connectivity index (χ0) is 20.9. The molecule has 2 aromatic carbocycles. The first-order chi connectivity index (χ1) is 15.2. The highest BCUT2D eigenvalue weighted by atomic mass is 35.5. The fourth-order valence-corrected chi connectivity index (χ4v) is 4.70. The van der Waals surface area contributed by atoms with Crippen molar-refractivity contribution < 1.29 is 0 Å². The van der Waals surface area contributed by atoms with E-state index in [0.29, 0.717) is 21.6 Å². The second-order valence-corrected chi connectivity index (χ2v) is 8.62. The van der Waals surface area contributed by atoms with Crippen LogP contribution < -0.4 is 0 Å². The molecule has 0 aliphatic carbocycles. The molecule has 0 spiro atoms. The Kier molecular flexibility index (Phi) is 4.27. The van der Waals surface area contributed by atoms with Crippen LogP contribution in [0.25, 0.3) is 44.3 Å². The Morgan fingerprint density at radius 1 is 0.968 bits per heavy atom. The summed E-state index contributed by atoms with van der Waals surface area (Å²) in [4.78, 5) is 9.28. The number of aromatic nitrogens is 6. The van der Waals surface area contributed by atoms with E-state index in [2.05, 4.69) is 21.2 Å². The Balaban J connectivity index is 1.64. The molecular formula is C22H12Cl2N6S. The molecule has 0 unspecified atom stereocenters. The number of rotatable bonds is 3. The number of benzene rings is 2. The van der Waals surface area contributed by atoms with Gasteiger partial charge in [0.25, 0.3) is 0 Å². The molecule has 6 rings (SSSR count). The molecule has 0 amide bonds. The first-order valence-electron chi connectivity index (χ1n) is 9.35. The average Bonchev–Trinajstić information content (AvgIpc) is 3.52. The van der Waals surface area contributed by atoms with E-state index < -0.39 is 0 Å². The molecule has 31 heavy (non-hydrogen) atoms. The maximum absolute atomic E-state index is 6.54. The van der Waals surface area contributed by atoms with Gasteiger partial charge in [-0.1, -0.05) is 29.3 Å². The summed E-state index contributed by atoms with van der Waals surface area (Å²) < 4.78 is 5.03. The fraction of sp³-hybridized carbons (Fsp3) is 0. The Labute approximate surface area is 190 Å². The van der Waals surface area contributed by atoms with Crippen molar-refractivity contribution >= 4 is 50.4 Å². The van der Waals surface area contributed by atoms with Crippen LogP contribution >= 0.6 is 34.5 Å². The molecule has 0 atom stereocenters. The topological polar surface area (TPSA) is 60.9 Å². The Morgan fingerprint density at radius 2 is 1.90 bits per heavy atom. The normalized spacial score (nSPS) is 11.5. The van der Waals surface area contributed by atoms with Crippen molar-refractivity contribution in [2.45, 2.75) is 0 Å². The molecule has 0 bridgehead atoms. The molecule has 0 radical (unpaired) electrons. The molecule has 0 aliphatic rings. The summed E-state index contributed by atoms with van der Waals surface area (Å²) in [6.45, 7) is 0. The van der Waals surface area contributed by atoms with Crippen molar-refractivity contribution in [3.63, 3.8) is 0 Å². The van der Waals surface area contributed by atoms with E-state index in [1.165, 1.54) is 0 Å². The number of hydrogen-bond acceptors (Lipinski definition) is 5. The molecular weight excluding hydrogens is 451 g/mol. The fourth-order valence-electron chi connectivity index (χ4n) is 3.66. The Bertz CT molecular complexity index is 1580. The van der Waals surface area contributed by atoms with E-state index in [9.17, 15) is 0 Å². The van der Waals surface area contributed by atoms with Crippen molar-refractivity contribution in [3.05, 3.63) is 82.7 Å². The summed E-state index contributed by atoms with van der Waals surface area (Å²) in [5, 5.41) is 9.79. The van der Waals surface area contributed by atoms with Gasteiger partial charge in [0.2, 0.25) is 0 Å². The van der Waals surface area contributed by atoms with Crippen LogP contribution in [0, 0.1) is 0 Å². The van der Waals surface area contributed by atoms with Gasteiger partial charge in [0, 0.05) is 16.8 Å². The van der Waals surface area contributed by atoms with Crippen LogP contribution in [-0.2, 0) is 0 Å². The maximum Gasteiger partial charge on any atom is 0.187 e. The number of imidazole rings is 1. The van der Waals surface area contributed by atoms with Crippen LogP contribution in [0.15, 0.2) is 72.6 Å². The Hall–Kier alpha value is -3.26. The quantitative estimate of drug-likeness (QED) is 0.315. The zero-order valence-corrected chi connectivity index (χ0v) is 18.1. The second kappa shape index (κ2) is 7.16. The number of hydrogen-bond donors (Lipinski definition) is 0. The third-order valence-electron chi connectivity index (χ3n) is 5.07. The van der Waals surface area contributed by atoms with Gasteiger partial charge < -0.3 is 0 Å². The smallest absolute Gasteiger partial charge is 0.187 e. The molecule has 9 heteroatoms. The highest BCUT2D eigenvalue weighted by Crippen LogP contribution is 2.37. The van der Waals surface area contributed by atoms with Crippen LogP contribution in [0.4, 0.5) is 0 Å². The number of halogens is 2.